The first-order valence-electron chi connectivity index (χ1n) is 8.09. The number of hydrogen-bond donors (Lipinski definition) is 1. The van der Waals surface area contributed by atoms with E-state index in [2.05, 4.69) is 10.1 Å². The maximum atomic E-state index is 12.6. The first kappa shape index (κ1) is 16.5. The number of nitrogens with one attached hydrogen (secondary N) is 1. The van der Waals surface area contributed by atoms with E-state index in [1.165, 1.54) is 7.11 Å². The Kier molecular flexibility index (Phi) is 4.55. The minimum Gasteiger partial charge on any atom is -0.496 e. The van der Waals surface area contributed by atoms with E-state index in [1.54, 1.807) is 7.11 Å². The maximum Gasteiger partial charge on any atom is 0.318 e. The van der Waals surface area contributed by atoms with E-state index in [-0.39, 0.29) is 36.0 Å². The Bertz CT molecular complexity index is 671. The van der Waals surface area contributed by atoms with Gasteiger partial charge in [0, 0.05) is 18.4 Å². The van der Waals surface area contributed by atoms with Crippen molar-refractivity contribution in [3.8, 4) is 5.75 Å². The van der Waals surface area contributed by atoms with Crippen LogP contribution in [0.5, 0.6) is 5.75 Å². The minimum atomic E-state index is -0.886. The first-order valence-corrected chi connectivity index (χ1v) is 8.09. The van der Waals surface area contributed by atoms with Crippen molar-refractivity contribution in [1.29, 1.82) is 0 Å². The number of carbonyl (C=O) groups excluding carboxylic acids is 3. The summed E-state index contributed by atoms with van der Waals surface area (Å²) in [6.07, 6.45) is 1.29. The number of rotatable bonds is 3. The van der Waals surface area contributed by atoms with Crippen LogP contribution in [0.1, 0.15) is 30.7 Å². The molecule has 24 heavy (non-hydrogen) atoms. The summed E-state index contributed by atoms with van der Waals surface area (Å²) in [6, 6.07) is 7.40. The lowest BCUT2D eigenvalue weighted by Gasteiger charge is -2.40. The summed E-state index contributed by atoms with van der Waals surface area (Å²) in [5.41, 5.74) is 0.983. The highest BCUT2D eigenvalue weighted by molar-refractivity contribution is 6.00. The molecule has 6 heteroatoms. The Balaban J connectivity index is 1.81. The predicted octanol–water partition coefficient (Wildman–Crippen LogP) is 1.44. The second-order valence-corrected chi connectivity index (χ2v) is 6.38. The Hall–Kier alpha value is -2.37. The monoisotopic (exact) mass is 331 g/mol. The molecule has 1 N–H and O–H groups in total. The van der Waals surface area contributed by atoms with Crippen LogP contribution in [0.4, 0.5) is 0 Å². The molecule has 128 valence electrons. The second kappa shape index (κ2) is 6.63. The molecule has 3 rings (SSSR count). The van der Waals surface area contributed by atoms with Gasteiger partial charge < -0.3 is 14.8 Å². The number of esters is 1. The number of hydrogen-bond acceptors (Lipinski definition) is 5. The van der Waals surface area contributed by atoms with Gasteiger partial charge in [-0.2, -0.15) is 0 Å². The van der Waals surface area contributed by atoms with Crippen molar-refractivity contribution in [3.63, 3.8) is 0 Å². The van der Waals surface area contributed by atoms with Gasteiger partial charge in [-0.15, -0.1) is 0 Å². The molecule has 0 bridgehead atoms. The number of Topliss-reactive ketones (excluding diaryl/α,β-unsaturated/α-hetero) is 1. The van der Waals surface area contributed by atoms with Crippen LogP contribution in [0.2, 0.25) is 0 Å². The highest BCUT2D eigenvalue weighted by Crippen LogP contribution is 2.41. The molecule has 1 aromatic rings. The summed E-state index contributed by atoms with van der Waals surface area (Å²) >= 11 is 0. The molecule has 1 aromatic carbocycles. The Morgan fingerprint density at radius 2 is 1.92 bits per heavy atom. The molecule has 6 nitrogen and oxygen atoms in total. The maximum absolute atomic E-state index is 12.6. The van der Waals surface area contributed by atoms with Gasteiger partial charge in [-0.3, -0.25) is 14.4 Å². The van der Waals surface area contributed by atoms with Gasteiger partial charge in [0.15, 0.2) is 0 Å². The van der Waals surface area contributed by atoms with E-state index in [0.29, 0.717) is 12.8 Å². The van der Waals surface area contributed by atoms with Gasteiger partial charge in [0.25, 0.3) is 0 Å². The van der Waals surface area contributed by atoms with Gasteiger partial charge in [0.05, 0.1) is 14.2 Å². The molecule has 1 saturated carbocycles. The van der Waals surface area contributed by atoms with Crippen LogP contribution < -0.4 is 10.1 Å². The van der Waals surface area contributed by atoms with Crippen molar-refractivity contribution in [2.75, 3.05) is 14.2 Å². The summed E-state index contributed by atoms with van der Waals surface area (Å²) in [7, 11) is 2.86. The van der Waals surface area contributed by atoms with Crippen molar-refractivity contribution >= 4 is 17.7 Å². The van der Waals surface area contributed by atoms with E-state index in [9.17, 15) is 14.4 Å². The van der Waals surface area contributed by atoms with Gasteiger partial charge in [-0.05, 0) is 30.4 Å². The van der Waals surface area contributed by atoms with Crippen molar-refractivity contribution in [1.82, 2.24) is 5.32 Å². The van der Waals surface area contributed by atoms with E-state index in [1.807, 2.05) is 24.3 Å². The van der Waals surface area contributed by atoms with Crippen LogP contribution in [-0.4, -0.2) is 37.9 Å². The highest BCUT2D eigenvalue weighted by atomic mass is 16.5. The largest absolute Gasteiger partial charge is 0.496 e. The van der Waals surface area contributed by atoms with E-state index in [4.69, 9.17) is 4.74 Å². The fourth-order valence-corrected chi connectivity index (χ4v) is 3.86. The van der Waals surface area contributed by atoms with Gasteiger partial charge >= 0.3 is 5.97 Å². The molecule has 1 aliphatic heterocycles. The average molecular weight is 331 g/mol. The summed E-state index contributed by atoms with van der Waals surface area (Å²) in [5.74, 6) is -1.30. The summed E-state index contributed by atoms with van der Waals surface area (Å²) < 4.78 is 10.1. The van der Waals surface area contributed by atoms with Crippen LogP contribution in [0.15, 0.2) is 24.3 Å². The van der Waals surface area contributed by atoms with E-state index < -0.39 is 11.9 Å². The van der Waals surface area contributed by atoms with Crippen LogP contribution in [-0.2, 0) is 19.1 Å². The number of methoxy groups -OCH3 is 2. The zero-order chi connectivity index (χ0) is 17.3. The first-order chi connectivity index (χ1) is 11.5. The van der Waals surface area contributed by atoms with Gasteiger partial charge in [-0.1, -0.05) is 18.2 Å². The fraction of sp³-hybridized carbons (Fsp3) is 0.500. The molecule has 1 saturated heterocycles. The number of benzene rings is 1. The van der Waals surface area contributed by atoms with Crippen molar-refractivity contribution in [2.24, 2.45) is 11.8 Å². The number of fused-ring (bicyclic) bond motifs is 1. The SMILES string of the molecule is COC(=O)C1CC2C(=O)CC(c3ccccc3OC)CC2NC1=O. The predicted molar refractivity (Wildman–Crippen MR) is 85.5 cm³/mol. The highest BCUT2D eigenvalue weighted by Gasteiger charge is 2.46. The molecular weight excluding hydrogens is 310 g/mol. The third kappa shape index (κ3) is 2.88. The number of amides is 1. The zero-order valence-corrected chi connectivity index (χ0v) is 13.8. The molecule has 2 fully saturated rings. The summed E-state index contributed by atoms with van der Waals surface area (Å²) in [5, 5.41) is 2.85. The number of carbonyl (C=O) groups is 3. The normalized spacial score (nSPS) is 29.4. The Morgan fingerprint density at radius 3 is 2.62 bits per heavy atom. The van der Waals surface area contributed by atoms with Gasteiger partial charge in [0.1, 0.15) is 17.5 Å². The lowest BCUT2D eigenvalue weighted by molar-refractivity contribution is -0.154. The molecule has 0 radical (unpaired) electrons. The lowest BCUT2D eigenvalue weighted by Crippen LogP contribution is -2.56. The zero-order valence-electron chi connectivity index (χ0n) is 13.8. The molecular formula is C18H21NO5. The smallest absolute Gasteiger partial charge is 0.318 e. The van der Waals surface area contributed by atoms with Crippen molar-refractivity contribution in [2.45, 2.75) is 31.2 Å². The lowest BCUT2D eigenvalue weighted by atomic mass is 9.69. The Morgan fingerprint density at radius 1 is 1.17 bits per heavy atom. The topological polar surface area (TPSA) is 81.7 Å². The molecule has 0 spiro atoms. The van der Waals surface area contributed by atoms with E-state index >= 15 is 0 Å². The van der Waals surface area contributed by atoms with Crippen molar-refractivity contribution < 1.29 is 23.9 Å². The standard InChI is InChI=1S/C18H21NO5/c1-23-16-6-4-3-5-11(16)10-7-14-12(15(20)8-10)9-13(17(21)19-14)18(22)24-2/h3-6,10,12-14H,7-9H2,1-2H3,(H,19,21). The summed E-state index contributed by atoms with van der Waals surface area (Å²) in [6.45, 7) is 0. The van der Waals surface area contributed by atoms with Crippen LogP contribution in [0, 0.1) is 11.8 Å². The van der Waals surface area contributed by atoms with Gasteiger partial charge in [-0.25, -0.2) is 0 Å². The second-order valence-electron chi connectivity index (χ2n) is 6.38. The third-order valence-electron chi connectivity index (χ3n) is 5.08. The molecule has 4 atom stereocenters. The number of ether oxygens (including phenoxy) is 2. The van der Waals surface area contributed by atoms with Crippen LogP contribution in [0.25, 0.3) is 0 Å². The average Bonchev–Trinajstić information content (AvgIpc) is 2.60. The van der Waals surface area contributed by atoms with Gasteiger partial charge in [0.2, 0.25) is 5.91 Å². The quantitative estimate of drug-likeness (QED) is 0.669. The third-order valence-corrected chi connectivity index (χ3v) is 5.08. The van der Waals surface area contributed by atoms with Crippen LogP contribution in [0.3, 0.4) is 0 Å². The molecule has 2 aliphatic rings. The molecule has 1 aliphatic carbocycles. The molecule has 4 unspecified atom stereocenters. The Labute approximate surface area is 140 Å². The van der Waals surface area contributed by atoms with Crippen LogP contribution >= 0.6 is 0 Å². The van der Waals surface area contributed by atoms with E-state index in [0.717, 1.165) is 11.3 Å². The number of piperidine rings is 1. The van der Waals surface area contributed by atoms with Crippen molar-refractivity contribution in [3.05, 3.63) is 29.8 Å². The fourth-order valence-electron chi connectivity index (χ4n) is 3.86. The number of para-hydroxylation sites is 1. The molecule has 0 aromatic heterocycles. The molecule has 1 heterocycles. The summed E-state index contributed by atoms with van der Waals surface area (Å²) in [4.78, 5) is 36.5. The number of ketones is 1. The minimum absolute atomic E-state index is 0.00452. The molecule has 1 amide bonds.